The predicted octanol–water partition coefficient (Wildman–Crippen LogP) is 3.11. The van der Waals surface area contributed by atoms with Crippen LogP contribution in [-0.2, 0) is 14.3 Å². The maximum Gasteiger partial charge on any atom is 0.330 e. The largest absolute Gasteiger partial charge is 0.454 e. The number of esters is 1. The summed E-state index contributed by atoms with van der Waals surface area (Å²) < 4.78 is 5.18. The zero-order valence-corrected chi connectivity index (χ0v) is 17.4. The van der Waals surface area contributed by atoms with Gasteiger partial charge in [-0.05, 0) is 49.1 Å². The Morgan fingerprint density at radius 1 is 1.00 bits per heavy atom. The monoisotopic (exact) mass is 408 g/mol. The van der Waals surface area contributed by atoms with Gasteiger partial charge in [-0.15, -0.1) is 0 Å². The summed E-state index contributed by atoms with van der Waals surface area (Å²) >= 11 is 0. The van der Waals surface area contributed by atoms with Crippen molar-refractivity contribution in [1.29, 1.82) is 0 Å². The van der Waals surface area contributed by atoms with Gasteiger partial charge in [-0.2, -0.15) is 0 Å². The Morgan fingerprint density at radius 2 is 1.60 bits per heavy atom. The highest BCUT2D eigenvalue weighted by Gasteiger charge is 2.44. The Bertz CT molecular complexity index is 993. The third-order valence-corrected chi connectivity index (χ3v) is 4.99. The lowest BCUT2D eigenvalue weighted by atomic mass is 10.0. The maximum absolute atomic E-state index is 12.7. The Kier molecular flexibility index (Phi) is 6.01. The van der Waals surface area contributed by atoms with Crippen LogP contribution in [0.4, 0.5) is 5.69 Å². The van der Waals surface area contributed by atoms with Crippen LogP contribution in [0.1, 0.15) is 45.7 Å². The Labute approximate surface area is 175 Å². The van der Waals surface area contributed by atoms with Crippen molar-refractivity contribution in [2.24, 2.45) is 5.92 Å². The second-order valence-corrected chi connectivity index (χ2v) is 7.69. The number of hydrogen-bond donors (Lipinski definition) is 1. The molecule has 1 heterocycles. The SMILES string of the molecule is Cc1ccc(C)c(NC(=O)COC(=O)[C@H](C(C)C)N2C(=O)c3ccccc3C2=O)c1. The molecule has 156 valence electrons. The molecule has 1 aliphatic rings. The molecule has 0 unspecified atom stereocenters. The number of ether oxygens (including phenoxy) is 1. The van der Waals surface area contributed by atoms with E-state index < -0.39 is 36.3 Å². The first-order valence-corrected chi connectivity index (χ1v) is 9.71. The molecular weight excluding hydrogens is 384 g/mol. The Hall–Kier alpha value is -3.48. The van der Waals surface area contributed by atoms with E-state index in [9.17, 15) is 19.2 Å². The summed E-state index contributed by atoms with van der Waals surface area (Å²) in [5.74, 6) is -2.75. The first-order chi connectivity index (χ1) is 14.2. The van der Waals surface area contributed by atoms with Crippen LogP contribution in [-0.4, -0.2) is 41.2 Å². The van der Waals surface area contributed by atoms with Gasteiger partial charge in [0.1, 0.15) is 6.04 Å². The van der Waals surface area contributed by atoms with E-state index in [-0.39, 0.29) is 17.0 Å². The van der Waals surface area contributed by atoms with Crippen LogP contribution in [0.2, 0.25) is 0 Å². The van der Waals surface area contributed by atoms with Crippen molar-refractivity contribution >= 4 is 29.4 Å². The van der Waals surface area contributed by atoms with Crippen LogP contribution in [0, 0.1) is 19.8 Å². The molecule has 1 atom stereocenters. The van der Waals surface area contributed by atoms with Crippen LogP contribution >= 0.6 is 0 Å². The van der Waals surface area contributed by atoms with Crippen molar-refractivity contribution in [1.82, 2.24) is 4.90 Å². The minimum Gasteiger partial charge on any atom is -0.454 e. The first-order valence-electron chi connectivity index (χ1n) is 9.71. The van der Waals surface area contributed by atoms with E-state index in [0.29, 0.717) is 5.69 Å². The third kappa shape index (κ3) is 4.10. The number of carbonyl (C=O) groups is 4. The van der Waals surface area contributed by atoms with Gasteiger partial charge in [-0.1, -0.05) is 38.1 Å². The summed E-state index contributed by atoms with van der Waals surface area (Å²) in [6.45, 7) is 6.68. The second-order valence-electron chi connectivity index (χ2n) is 7.69. The first kappa shape index (κ1) is 21.2. The predicted molar refractivity (Wildman–Crippen MR) is 111 cm³/mol. The summed E-state index contributed by atoms with van der Waals surface area (Å²) in [6.07, 6.45) is 0. The van der Waals surface area contributed by atoms with Crippen molar-refractivity contribution < 1.29 is 23.9 Å². The van der Waals surface area contributed by atoms with Crippen LogP contribution in [0.3, 0.4) is 0 Å². The molecule has 0 saturated carbocycles. The number of carbonyl (C=O) groups excluding carboxylic acids is 4. The van der Waals surface area contributed by atoms with E-state index in [0.717, 1.165) is 16.0 Å². The molecule has 7 nitrogen and oxygen atoms in total. The minimum absolute atomic E-state index is 0.258. The molecule has 2 aromatic rings. The second kappa shape index (κ2) is 8.49. The molecule has 1 N–H and O–H groups in total. The zero-order valence-electron chi connectivity index (χ0n) is 17.4. The highest BCUT2D eigenvalue weighted by molar-refractivity contribution is 6.22. The van der Waals surface area contributed by atoms with E-state index in [4.69, 9.17) is 4.74 Å². The molecule has 0 radical (unpaired) electrons. The summed E-state index contributed by atoms with van der Waals surface area (Å²) in [6, 6.07) is 10.9. The molecule has 2 aromatic carbocycles. The Morgan fingerprint density at radius 3 is 2.17 bits per heavy atom. The molecule has 0 fully saturated rings. The van der Waals surface area contributed by atoms with Gasteiger partial charge in [0.25, 0.3) is 17.7 Å². The molecule has 30 heavy (non-hydrogen) atoms. The zero-order chi connectivity index (χ0) is 22.0. The van der Waals surface area contributed by atoms with Gasteiger partial charge in [0, 0.05) is 5.69 Å². The highest BCUT2D eigenvalue weighted by Crippen LogP contribution is 2.27. The highest BCUT2D eigenvalue weighted by atomic mass is 16.5. The number of aryl methyl sites for hydroxylation is 2. The number of nitrogens with one attached hydrogen (secondary N) is 1. The fourth-order valence-electron chi connectivity index (χ4n) is 3.42. The molecular formula is C23H24N2O5. The molecule has 3 amide bonds. The van der Waals surface area contributed by atoms with Crippen LogP contribution < -0.4 is 5.32 Å². The van der Waals surface area contributed by atoms with Crippen molar-refractivity contribution in [3.8, 4) is 0 Å². The number of nitrogens with zero attached hydrogens (tertiary/aromatic N) is 1. The smallest absolute Gasteiger partial charge is 0.330 e. The van der Waals surface area contributed by atoms with E-state index in [1.807, 2.05) is 32.0 Å². The fraction of sp³-hybridized carbons (Fsp3) is 0.304. The molecule has 0 bridgehead atoms. The van der Waals surface area contributed by atoms with Crippen molar-refractivity contribution in [3.63, 3.8) is 0 Å². The van der Waals surface area contributed by atoms with Gasteiger partial charge in [0.2, 0.25) is 0 Å². The summed E-state index contributed by atoms with van der Waals surface area (Å²) in [4.78, 5) is 51.4. The Balaban J connectivity index is 1.70. The van der Waals surface area contributed by atoms with Gasteiger partial charge in [0.05, 0.1) is 11.1 Å². The maximum atomic E-state index is 12.7. The summed E-state index contributed by atoms with van der Waals surface area (Å²) in [5.41, 5.74) is 3.02. The third-order valence-electron chi connectivity index (χ3n) is 4.99. The molecule has 7 heteroatoms. The molecule has 0 spiro atoms. The van der Waals surface area contributed by atoms with E-state index in [1.165, 1.54) is 0 Å². The molecule has 0 aromatic heterocycles. The average molecular weight is 408 g/mol. The molecule has 0 saturated heterocycles. The quantitative estimate of drug-likeness (QED) is 0.586. The van der Waals surface area contributed by atoms with Crippen molar-refractivity contribution in [2.45, 2.75) is 33.7 Å². The van der Waals surface area contributed by atoms with Gasteiger partial charge in [-0.3, -0.25) is 19.3 Å². The van der Waals surface area contributed by atoms with Crippen LogP contribution in [0.5, 0.6) is 0 Å². The standard InChI is InChI=1S/C23H24N2O5/c1-13(2)20(25-21(27)16-7-5-6-8-17(16)22(25)28)23(29)30-12-19(26)24-18-11-14(3)9-10-15(18)4/h5-11,13,20H,12H2,1-4H3,(H,24,26)/t20-/m0/s1. The van der Waals surface area contributed by atoms with Crippen LogP contribution in [0.15, 0.2) is 42.5 Å². The molecule has 0 aliphatic carbocycles. The number of imide groups is 1. The number of hydrogen-bond acceptors (Lipinski definition) is 5. The molecule has 1 aliphatic heterocycles. The lowest BCUT2D eigenvalue weighted by Gasteiger charge is -2.27. The van der Waals surface area contributed by atoms with E-state index in [2.05, 4.69) is 5.32 Å². The van der Waals surface area contributed by atoms with Gasteiger partial charge < -0.3 is 10.1 Å². The number of rotatable bonds is 6. The number of amides is 3. The number of anilines is 1. The number of fused-ring (bicyclic) bond motifs is 1. The lowest BCUT2D eigenvalue weighted by Crippen LogP contribution is -2.49. The van der Waals surface area contributed by atoms with Gasteiger partial charge >= 0.3 is 5.97 Å². The van der Waals surface area contributed by atoms with Crippen molar-refractivity contribution in [2.75, 3.05) is 11.9 Å². The van der Waals surface area contributed by atoms with Gasteiger partial charge in [0.15, 0.2) is 6.61 Å². The normalized spacial score (nSPS) is 14.0. The minimum atomic E-state index is -1.12. The molecule has 3 rings (SSSR count). The topological polar surface area (TPSA) is 92.8 Å². The van der Waals surface area contributed by atoms with E-state index in [1.54, 1.807) is 38.1 Å². The van der Waals surface area contributed by atoms with Gasteiger partial charge in [-0.25, -0.2) is 4.79 Å². The lowest BCUT2D eigenvalue weighted by molar-refractivity contribution is -0.152. The van der Waals surface area contributed by atoms with Crippen molar-refractivity contribution in [3.05, 3.63) is 64.7 Å². The fourth-order valence-corrected chi connectivity index (χ4v) is 3.42. The van der Waals surface area contributed by atoms with E-state index >= 15 is 0 Å². The summed E-state index contributed by atoms with van der Waals surface area (Å²) in [7, 11) is 0. The number of benzene rings is 2. The summed E-state index contributed by atoms with van der Waals surface area (Å²) in [5, 5.41) is 2.71. The van der Waals surface area contributed by atoms with Crippen LogP contribution in [0.25, 0.3) is 0 Å². The average Bonchev–Trinajstić information content (AvgIpc) is 2.95.